The Morgan fingerprint density at radius 2 is 1.82 bits per heavy atom. The van der Waals surface area contributed by atoms with Crippen molar-refractivity contribution < 1.29 is 9.21 Å². The zero-order valence-electron chi connectivity index (χ0n) is 20.0. The number of carbonyl (C=O) groups is 1. The quantitative estimate of drug-likeness (QED) is 0.253. The number of carbonyl (C=O) groups excluding carboxylic acids is 1. The molecule has 1 unspecified atom stereocenters. The summed E-state index contributed by atoms with van der Waals surface area (Å²) in [5.74, 6) is 1.46. The number of anilines is 2. The minimum atomic E-state index is -0.0577. The van der Waals surface area contributed by atoms with Crippen molar-refractivity contribution in [2.75, 3.05) is 4.90 Å². The van der Waals surface area contributed by atoms with Gasteiger partial charge in [0.15, 0.2) is 5.13 Å². The van der Waals surface area contributed by atoms with Crippen molar-refractivity contribution in [2.45, 2.75) is 57.9 Å². The van der Waals surface area contributed by atoms with Gasteiger partial charge < -0.3 is 4.42 Å². The molecule has 0 aliphatic rings. The van der Waals surface area contributed by atoms with Crippen LogP contribution >= 0.6 is 23.1 Å². The molecule has 0 aliphatic carbocycles. The maximum atomic E-state index is 12.6. The second kappa shape index (κ2) is 10.5. The number of benzene rings is 2. The van der Waals surface area contributed by atoms with Gasteiger partial charge in [0.1, 0.15) is 0 Å². The van der Waals surface area contributed by atoms with Crippen LogP contribution in [0.5, 0.6) is 0 Å². The SMILES string of the molecule is CC(=O)N(c1nc(CSc2nnc(CC(C)c3ccccc3)o2)cs1)c1c(C)cc(C)cc1C. The first-order valence-corrected chi connectivity index (χ1v) is 13.0. The van der Waals surface area contributed by atoms with E-state index in [1.165, 1.54) is 34.2 Å². The lowest BCUT2D eigenvalue weighted by molar-refractivity contribution is -0.115. The first kappa shape index (κ1) is 24.2. The lowest BCUT2D eigenvalue weighted by Crippen LogP contribution is -2.24. The number of amides is 1. The summed E-state index contributed by atoms with van der Waals surface area (Å²) in [5.41, 5.74) is 6.32. The fourth-order valence-corrected chi connectivity index (χ4v) is 5.71. The molecule has 8 heteroatoms. The van der Waals surface area contributed by atoms with Gasteiger partial charge >= 0.3 is 0 Å². The number of thioether (sulfide) groups is 1. The predicted octanol–water partition coefficient (Wildman–Crippen LogP) is 6.77. The Bertz CT molecular complexity index is 1260. The lowest BCUT2D eigenvalue weighted by atomic mass is 9.98. The summed E-state index contributed by atoms with van der Waals surface area (Å²) < 4.78 is 5.85. The zero-order valence-corrected chi connectivity index (χ0v) is 21.7. The van der Waals surface area contributed by atoms with Crippen LogP contribution in [0.25, 0.3) is 0 Å². The van der Waals surface area contributed by atoms with E-state index >= 15 is 0 Å². The van der Waals surface area contributed by atoms with E-state index in [0.29, 0.717) is 34.3 Å². The highest BCUT2D eigenvalue weighted by atomic mass is 32.2. The average molecular weight is 493 g/mol. The topological polar surface area (TPSA) is 72.1 Å². The van der Waals surface area contributed by atoms with Gasteiger partial charge in [-0.1, -0.05) is 66.7 Å². The van der Waals surface area contributed by atoms with Crippen molar-refractivity contribution in [3.8, 4) is 0 Å². The molecular formula is C26H28N4O2S2. The van der Waals surface area contributed by atoms with Crippen molar-refractivity contribution in [1.29, 1.82) is 0 Å². The summed E-state index contributed by atoms with van der Waals surface area (Å²) in [6.45, 7) is 9.85. The highest BCUT2D eigenvalue weighted by Crippen LogP contribution is 2.35. The Labute approximate surface area is 208 Å². The molecule has 0 aliphatic heterocycles. The Balaban J connectivity index is 1.43. The third-order valence-corrected chi connectivity index (χ3v) is 7.27. The van der Waals surface area contributed by atoms with E-state index < -0.39 is 0 Å². The summed E-state index contributed by atoms with van der Waals surface area (Å²) in [6, 6.07) is 14.5. The van der Waals surface area contributed by atoms with E-state index in [9.17, 15) is 4.79 Å². The van der Waals surface area contributed by atoms with Crippen molar-refractivity contribution in [1.82, 2.24) is 15.2 Å². The second-order valence-corrected chi connectivity index (χ2v) is 10.3. The van der Waals surface area contributed by atoms with Crippen molar-refractivity contribution in [3.63, 3.8) is 0 Å². The molecule has 0 saturated carbocycles. The summed E-state index contributed by atoms with van der Waals surface area (Å²) in [5, 5.41) is 11.6. The van der Waals surface area contributed by atoms with Gasteiger partial charge in [0.05, 0.1) is 11.4 Å². The summed E-state index contributed by atoms with van der Waals surface area (Å²) >= 11 is 2.92. The standard InChI is InChI=1S/C26H28N4O2S2/c1-16-11-18(3)24(19(4)12-16)30(20(5)31)25-27-22(14-33-25)15-34-26-29-28-23(32-26)13-17(2)21-9-7-6-8-10-21/h6-12,14,17H,13,15H2,1-5H3. The minimum Gasteiger partial charge on any atom is -0.416 e. The van der Waals surface area contributed by atoms with Crippen molar-refractivity contribution in [3.05, 3.63) is 81.7 Å². The van der Waals surface area contributed by atoms with Crippen LogP contribution in [0.1, 0.15) is 53.6 Å². The number of rotatable bonds is 8. The Kier molecular flexibility index (Phi) is 7.48. The van der Waals surface area contributed by atoms with Gasteiger partial charge in [-0.05, 0) is 43.4 Å². The van der Waals surface area contributed by atoms with Crippen LogP contribution in [0.2, 0.25) is 0 Å². The van der Waals surface area contributed by atoms with Gasteiger partial charge in [0.2, 0.25) is 11.8 Å². The van der Waals surface area contributed by atoms with Gasteiger partial charge in [-0.2, -0.15) is 0 Å². The minimum absolute atomic E-state index is 0.0577. The first-order valence-electron chi connectivity index (χ1n) is 11.1. The second-order valence-electron chi connectivity index (χ2n) is 8.49. The summed E-state index contributed by atoms with van der Waals surface area (Å²) in [7, 11) is 0. The summed E-state index contributed by atoms with van der Waals surface area (Å²) in [6.07, 6.45) is 0.696. The van der Waals surface area contributed by atoms with Crippen molar-refractivity contribution >= 4 is 39.8 Å². The molecule has 4 aromatic rings. The first-order chi connectivity index (χ1) is 16.3. The molecule has 0 bridgehead atoms. The fraction of sp³-hybridized carbons (Fsp3) is 0.308. The fourth-order valence-electron chi connectivity index (χ4n) is 4.05. The summed E-state index contributed by atoms with van der Waals surface area (Å²) in [4.78, 5) is 19.0. The molecule has 4 rings (SSSR count). The maximum absolute atomic E-state index is 12.6. The van der Waals surface area contributed by atoms with Crippen LogP contribution in [0, 0.1) is 20.8 Å². The van der Waals surface area contributed by atoms with Gasteiger partial charge in [0.25, 0.3) is 5.22 Å². The van der Waals surface area contributed by atoms with Gasteiger partial charge in [-0.25, -0.2) is 4.98 Å². The molecular weight excluding hydrogens is 464 g/mol. The van der Waals surface area contributed by atoms with Crippen LogP contribution in [0.3, 0.4) is 0 Å². The smallest absolute Gasteiger partial charge is 0.276 e. The third-order valence-electron chi connectivity index (χ3n) is 5.55. The molecule has 1 atom stereocenters. The molecule has 0 saturated heterocycles. The Hall–Kier alpha value is -2.97. The largest absolute Gasteiger partial charge is 0.416 e. The van der Waals surface area contributed by atoms with E-state index in [0.717, 1.165) is 22.5 Å². The molecule has 0 N–H and O–H groups in total. The lowest BCUT2D eigenvalue weighted by Gasteiger charge is -2.23. The van der Waals surface area contributed by atoms with E-state index in [4.69, 9.17) is 9.40 Å². The van der Waals surface area contributed by atoms with Gasteiger partial charge in [-0.3, -0.25) is 9.69 Å². The molecule has 0 radical (unpaired) electrons. The third kappa shape index (κ3) is 5.56. The van der Waals surface area contributed by atoms with E-state index in [1.54, 1.807) is 11.8 Å². The van der Waals surface area contributed by atoms with Crippen LogP contribution in [0.4, 0.5) is 10.8 Å². The molecule has 2 aromatic carbocycles. The molecule has 1 amide bonds. The van der Waals surface area contributed by atoms with Gasteiger partial charge in [0, 0.05) is 24.5 Å². The van der Waals surface area contributed by atoms with Crippen LogP contribution < -0.4 is 4.90 Å². The van der Waals surface area contributed by atoms with E-state index in [2.05, 4.69) is 48.3 Å². The number of nitrogens with zero attached hydrogens (tertiary/aromatic N) is 4. The maximum Gasteiger partial charge on any atom is 0.276 e. The average Bonchev–Trinajstić information content (AvgIpc) is 3.44. The van der Waals surface area contributed by atoms with Crippen LogP contribution in [-0.2, 0) is 17.0 Å². The molecule has 176 valence electrons. The predicted molar refractivity (Wildman–Crippen MR) is 138 cm³/mol. The van der Waals surface area contributed by atoms with Crippen molar-refractivity contribution in [2.24, 2.45) is 0 Å². The Morgan fingerprint density at radius 1 is 1.12 bits per heavy atom. The monoisotopic (exact) mass is 492 g/mol. The molecule has 6 nitrogen and oxygen atoms in total. The number of aromatic nitrogens is 3. The van der Waals surface area contributed by atoms with E-state index in [1.807, 2.05) is 37.4 Å². The number of hydrogen-bond donors (Lipinski definition) is 0. The molecule has 0 spiro atoms. The number of thiazole rings is 1. The van der Waals surface area contributed by atoms with Gasteiger partial charge in [-0.15, -0.1) is 21.5 Å². The molecule has 0 fully saturated rings. The zero-order chi connectivity index (χ0) is 24.2. The van der Waals surface area contributed by atoms with E-state index in [-0.39, 0.29) is 5.91 Å². The molecule has 2 heterocycles. The molecule has 34 heavy (non-hydrogen) atoms. The molecule has 2 aromatic heterocycles. The Morgan fingerprint density at radius 3 is 2.50 bits per heavy atom. The highest BCUT2D eigenvalue weighted by molar-refractivity contribution is 7.98. The number of aryl methyl sites for hydroxylation is 3. The van der Waals surface area contributed by atoms with Crippen LogP contribution in [-0.4, -0.2) is 21.1 Å². The number of hydrogen-bond acceptors (Lipinski definition) is 7. The normalized spacial score (nSPS) is 12.0. The highest BCUT2D eigenvalue weighted by Gasteiger charge is 2.22. The van der Waals surface area contributed by atoms with Crippen LogP contribution in [0.15, 0.2) is 57.5 Å².